The number of hydrazine groups is 1. The van der Waals surface area contributed by atoms with Gasteiger partial charge in [-0.25, -0.2) is 9.80 Å². The SMILES string of the molecule is CCC(=O)N(C(=O)O)N(CC=O)C(=O)C=Cc1ccccc1. The lowest BCUT2D eigenvalue weighted by Gasteiger charge is -2.28. The van der Waals surface area contributed by atoms with E-state index in [4.69, 9.17) is 5.11 Å². The van der Waals surface area contributed by atoms with Crippen molar-refractivity contribution >= 4 is 30.3 Å². The number of hydrogen-bond acceptors (Lipinski definition) is 4. The van der Waals surface area contributed by atoms with Crippen molar-refractivity contribution in [3.05, 3.63) is 42.0 Å². The van der Waals surface area contributed by atoms with Crippen molar-refractivity contribution in [2.45, 2.75) is 13.3 Å². The van der Waals surface area contributed by atoms with Gasteiger partial charge in [0.2, 0.25) is 0 Å². The highest BCUT2D eigenvalue weighted by atomic mass is 16.4. The molecule has 1 aromatic rings. The van der Waals surface area contributed by atoms with Crippen LogP contribution in [0, 0.1) is 0 Å². The predicted octanol–water partition coefficient (Wildman–Crippen LogP) is 1.56. The fraction of sp³-hybridized carbons (Fsp3) is 0.200. The molecule has 116 valence electrons. The van der Waals surface area contributed by atoms with Crippen LogP contribution in [0.1, 0.15) is 18.9 Å². The average molecular weight is 304 g/mol. The molecule has 0 aliphatic heterocycles. The van der Waals surface area contributed by atoms with Gasteiger partial charge in [0, 0.05) is 12.5 Å². The molecule has 7 heteroatoms. The lowest BCUT2D eigenvalue weighted by atomic mass is 10.2. The molecule has 0 saturated heterocycles. The number of nitrogens with zero attached hydrogens (tertiary/aromatic N) is 2. The fourth-order valence-corrected chi connectivity index (χ4v) is 1.65. The Bertz CT molecular complexity index is 583. The van der Waals surface area contributed by atoms with Crippen molar-refractivity contribution in [1.29, 1.82) is 0 Å². The van der Waals surface area contributed by atoms with E-state index in [9.17, 15) is 19.2 Å². The van der Waals surface area contributed by atoms with Gasteiger partial charge in [0.15, 0.2) is 0 Å². The minimum Gasteiger partial charge on any atom is -0.463 e. The van der Waals surface area contributed by atoms with Crippen LogP contribution in [-0.4, -0.2) is 45.9 Å². The van der Waals surface area contributed by atoms with Crippen molar-refractivity contribution in [3.63, 3.8) is 0 Å². The molecule has 0 spiro atoms. The molecular formula is C15H16N2O5. The Hall–Kier alpha value is -2.96. The van der Waals surface area contributed by atoms with Crippen molar-refractivity contribution in [1.82, 2.24) is 10.0 Å². The molecule has 0 aliphatic rings. The van der Waals surface area contributed by atoms with Gasteiger partial charge in [-0.2, -0.15) is 0 Å². The molecule has 1 rings (SSSR count). The molecule has 0 saturated carbocycles. The van der Waals surface area contributed by atoms with Crippen LogP contribution in [0.5, 0.6) is 0 Å². The Labute approximate surface area is 127 Å². The number of rotatable bonds is 5. The van der Waals surface area contributed by atoms with E-state index in [2.05, 4.69) is 0 Å². The molecular weight excluding hydrogens is 288 g/mol. The summed E-state index contributed by atoms with van der Waals surface area (Å²) in [7, 11) is 0. The second kappa shape index (κ2) is 8.35. The Morgan fingerprint density at radius 1 is 1.18 bits per heavy atom. The number of carboxylic acid groups (broad SMARTS) is 1. The van der Waals surface area contributed by atoms with Crippen LogP contribution in [0.2, 0.25) is 0 Å². The van der Waals surface area contributed by atoms with Gasteiger partial charge in [0.25, 0.3) is 11.8 Å². The number of imide groups is 1. The zero-order chi connectivity index (χ0) is 16.5. The molecule has 1 N–H and O–H groups in total. The quantitative estimate of drug-likeness (QED) is 0.506. The summed E-state index contributed by atoms with van der Waals surface area (Å²) in [5, 5.41) is 9.92. The van der Waals surface area contributed by atoms with E-state index in [1.807, 2.05) is 6.07 Å². The monoisotopic (exact) mass is 304 g/mol. The van der Waals surface area contributed by atoms with E-state index in [0.29, 0.717) is 11.3 Å². The first-order chi connectivity index (χ1) is 10.5. The first-order valence-corrected chi connectivity index (χ1v) is 6.55. The highest BCUT2D eigenvalue weighted by Crippen LogP contribution is 2.06. The van der Waals surface area contributed by atoms with Gasteiger partial charge in [-0.1, -0.05) is 37.3 Å². The Morgan fingerprint density at radius 2 is 1.82 bits per heavy atom. The zero-order valence-corrected chi connectivity index (χ0v) is 12.0. The smallest absolute Gasteiger partial charge is 0.433 e. The molecule has 0 fully saturated rings. The first kappa shape index (κ1) is 17.1. The zero-order valence-electron chi connectivity index (χ0n) is 12.0. The maximum Gasteiger partial charge on any atom is 0.433 e. The summed E-state index contributed by atoms with van der Waals surface area (Å²) in [5.41, 5.74) is 0.727. The minimum atomic E-state index is -1.62. The van der Waals surface area contributed by atoms with Gasteiger partial charge in [-0.15, -0.1) is 5.01 Å². The largest absolute Gasteiger partial charge is 0.463 e. The summed E-state index contributed by atoms with van der Waals surface area (Å²) < 4.78 is 0. The first-order valence-electron chi connectivity index (χ1n) is 6.55. The second-order valence-electron chi connectivity index (χ2n) is 4.17. The fourth-order valence-electron chi connectivity index (χ4n) is 1.65. The van der Waals surface area contributed by atoms with E-state index in [-0.39, 0.29) is 11.4 Å². The van der Waals surface area contributed by atoms with Crippen LogP contribution in [-0.2, 0) is 14.4 Å². The Kier molecular flexibility index (Phi) is 6.49. The van der Waals surface area contributed by atoms with E-state index in [0.717, 1.165) is 11.6 Å². The number of carbonyl (C=O) groups is 4. The van der Waals surface area contributed by atoms with E-state index in [1.165, 1.54) is 13.0 Å². The molecule has 22 heavy (non-hydrogen) atoms. The third-order valence-corrected chi connectivity index (χ3v) is 2.68. The summed E-state index contributed by atoms with van der Waals surface area (Å²) in [6.07, 6.45) is 1.20. The van der Waals surface area contributed by atoms with Crippen LogP contribution in [0.3, 0.4) is 0 Å². The molecule has 3 amide bonds. The third kappa shape index (κ3) is 4.55. The molecule has 0 aliphatic carbocycles. The Balaban J connectivity index is 3.00. The molecule has 1 aromatic carbocycles. The predicted molar refractivity (Wildman–Crippen MR) is 78.4 cm³/mol. The lowest BCUT2D eigenvalue weighted by Crippen LogP contribution is -2.52. The summed E-state index contributed by atoms with van der Waals surface area (Å²) in [4.78, 5) is 45.6. The van der Waals surface area contributed by atoms with Gasteiger partial charge < -0.3 is 9.90 Å². The molecule has 7 nitrogen and oxygen atoms in total. The van der Waals surface area contributed by atoms with Crippen LogP contribution in [0.25, 0.3) is 6.08 Å². The number of amides is 3. The van der Waals surface area contributed by atoms with Crippen LogP contribution in [0.15, 0.2) is 36.4 Å². The molecule has 0 heterocycles. The summed E-state index contributed by atoms with van der Waals surface area (Å²) in [6, 6.07) is 8.86. The average Bonchev–Trinajstić information content (AvgIpc) is 2.52. The van der Waals surface area contributed by atoms with Crippen LogP contribution in [0.4, 0.5) is 4.79 Å². The summed E-state index contributed by atoms with van der Waals surface area (Å²) in [6.45, 7) is 0.928. The third-order valence-electron chi connectivity index (χ3n) is 2.68. The van der Waals surface area contributed by atoms with Crippen molar-refractivity contribution in [2.24, 2.45) is 0 Å². The van der Waals surface area contributed by atoms with Crippen molar-refractivity contribution in [2.75, 3.05) is 6.54 Å². The molecule has 0 unspecified atom stereocenters. The van der Waals surface area contributed by atoms with Crippen LogP contribution >= 0.6 is 0 Å². The maximum absolute atomic E-state index is 12.1. The van der Waals surface area contributed by atoms with Gasteiger partial charge in [-0.3, -0.25) is 9.59 Å². The number of carbonyl (C=O) groups excluding carboxylic acids is 3. The number of aldehydes is 1. The molecule has 0 radical (unpaired) electrons. The van der Waals surface area contributed by atoms with E-state index >= 15 is 0 Å². The second-order valence-corrected chi connectivity index (χ2v) is 4.17. The molecule has 0 aromatic heterocycles. The van der Waals surface area contributed by atoms with E-state index in [1.54, 1.807) is 24.3 Å². The standard InChI is InChI=1S/C15H16N2O5/c1-2-13(19)17(15(21)22)16(10-11-18)14(20)9-8-12-6-4-3-5-7-12/h3-9,11H,2,10H2,1H3,(H,21,22). The lowest BCUT2D eigenvalue weighted by molar-refractivity contribution is -0.156. The molecule has 0 bridgehead atoms. The van der Waals surface area contributed by atoms with Crippen molar-refractivity contribution in [3.8, 4) is 0 Å². The normalized spacial score (nSPS) is 10.2. The molecule has 0 atom stereocenters. The topological polar surface area (TPSA) is 95.0 Å². The highest BCUT2D eigenvalue weighted by molar-refractivity contribution is 5.98. The van der Waals surface area contributed by atoms with Gasteiger partial charge in [0.05, 0.1) is 6.54 Å². The van der Waals surface area contributed by atoms with Crippen molar-refractivity contribution < 1.29 is 24.3 Å². The van der Waals surface area contributed by atoms with Gasteiger partial charge in [0.1, 0.15) is 6.29 Å². The highest BCUT2D eigenvalue weighted by Gasteiger charge is 2.29. The number of hydrogen-bond donors (Lipinski definition) is 1. The Morgan fingerprint density at radius 3 is 2.32 bits per heavy atom. The summed E-state index contributed by atoms with van der Waals surface area (Å²) >= 11 is 0. The van der Waals surface area contributed by atoms with Gasteiger partial charge >= 0.3 is 6.09 Å². The minimum absolute atomic E-state index is 0.114. The van der Waals surface area contributed by atoms with E-state index < -0.39 is 24.5 Å². The summed E-state index contributed by atoms with van der Waals surface area (Å²) in [5.74, 6) is -1.57. The number of benzene rings is 1. The van der Waals surface area contributed by atoms with Gasteiger partial charge in [-0.05, 0) is 11.6 Å². The van der Waals surface area contributed by atoms with Crippen LogP contribution < -0.4 is 0 Å². The maximum atomic E-state index is 12.1.